The van der Waals surface area contributed by atoms with Crippen molar-refractivity contribution in [3.8, 4) is 0 Å². The number of hydrogen-bond acceptors (Lipinski definition) is 4. The van der Waals surface area contributed by atoms with Crippen molar-refractivity contribution in [2.45, 2.75) is 101 Å². The van der Waals surface area contributed by atoms with Gasteiger partial charge in [-0.15, -0.1) is 0 Å². The van der Waals surface area contributed by atoms with Crippen molar-refractivity contribution in [3.63, 3.8) is 0 Å². The van der Waals surface area contributed by atoms with Crippen LogP contribution in [0.25, 0.3) is 53.9 Å². The second-order valence-corrected chi connectivity index (χ2v) is 17.8. The minimum Gasteiger partial charge on any atom is -0.224 e. The van der Waals surface area contributed by atoms with E-state index in [9.17, 15) is 16.8 Å². The van der Waals surface area contributed by atoms with Crippen LogP contribution in [0.4, 0.5) is 0 Å². The Labute approximate surface area is 286 Å². The zero-order valence-corrected chi connectivity index (χ0v) is 30.1. The van der Waals surface area contributed by atoms with Crippen LogP contribution in [0.1, 0.15) is 90.9 Å². The number of sulfone groups is 2. The van der Waals surface area contributed by atoms with Gasteiger partial charge in [0.1, 0.15) is 0 Å². The summed E-state index contributed by atoms with van der Waals surface area (Å²) in [6.07, 6.45) is 12.6. The molecular weight excluding hydrogens is 633 g/mol. The van der Waals surface area contributed by atoms with E-state index in [1.807, 2.05) is 24.3 Å². The van der Waals surface area contributed by atoms with E-state index >= 15 is 0 Å². The molecule has 0 saturated carbocycles. The van der Waals surface area contributed by atoms with Crippen LogP contribution in [0.15, 0.2) is 94.7 Å². The average Bonchev–Trinajstić information content (AvgIpc) is 3.08. The molecule has 0 saturated heterocycles. The third-order valence-electron chi connectivity index (χ3n) is 9.94. The largest absolute Gasteiger partial charge is 0.224 e. The summed E-state index contributed by atoms with van der Waals surface area (Å²) in [7, 11) is -6.66. The molecule has 48 heavy (non-hydrogen) atoms. The van der Waals surface area contributed by atoms with Gasteiger partial charge < -0.3 is 0 Å². The maximum Gasteiger partial charge on any atom is 0.178 e. The summed E-state index contributed by atoms with van der Waals surface area (Å²) in [6.45, 7) is 4.37. The van der Waals surface area contributed by atoms with Crippen molar-refractivity contribution in [2.24, 2.45) is 0 Å². The Kier molecular flexibility index (Phi) is 10.7. The van der Waals surface area contributed by atoms with Crippen molar-refractivity contribution in [3.05, 3.63) is 84.9 Å². The predicted octanol–water partition coefficient (Wildman–Crippen LogP) is 11.7. The molecule has 6 aromatic rings. The first-order chi connectivity index (χ1) is 23.2. The lowest BCUT2D eigenvalue weighted by Crippen LogP contribution is -2.06. The van der Waals surface area contributed by atoms with Crippen LogP contribution in [0.2, 0.25) is 0 Å². The third kappa shape index (κ3) is 7.55. The molecule has 0 radical (unpaired) electrons. The molecule has 6 rings (SSSR count). The minimum atomic E-state index is -3.33. The monoisotopic (exact) mass is 680 g/mol. The Balaban J connectivity index is 1.27. The van der Waals surface area contributed by atoms with E-state index < -0.39 is 19.7 Å². The lowest BCUT2D eigenvalue weighted by Gasteiger charge is -2.12. The van der Waals surface area contributed by atoms with Gasteiger partial charge in [-0.05, 0) is 115 Å². The minimum absolute atomic E-state index is 0.195. The van der Waals surface area contributed by atoms with Gasteiger partial charge in [0, 0.05) is 0 Å². The molecule has 0 atom stereocenters. The number of fused-ring (bicyclic) bond motifs is 7. The molecule has 0 aliphatic carbocycles. The van der Waals surface area contributed by atoms with Crippen LogP contribution in [0, 0.1) is 0 Å². The molecule has 0 spiro atoms. The van der Waals surface area contributed by atoms with E-state index in [4.69, 9.17) is 0 Å². The summed E-state index contributed by atoms with van der Waals surface area (Å²) in [4.78, 5) is 0.805. The number of hydrogen-bond donors (Lipinski definition) is 0. The molecule has 0 aliphatic rings. The zero-order chi connectivity index (χ0) is 33.7. The fraction of sp³-hybridized carbons (Fsp3) is 0.381. The Morgan fingerprint density at radius 2 is 0.729 bits per heavy atom. The summed E-state index contributed by atoms with van der Waals surface area (Å²) in [5.41, 5.74) is 0. The molecule has 0 aliphatic heterocycles. The molecule has 252 valence electrons. The van der Waals surface area contributed by atoms with Crippen LogP contribution in [-0.4, -0.2) is 28.3 Å². The summed E-state index contributed by atoms with van der Waals surface area (Å²) < 4.78 is 52.6. The highest BCUT2D eigenvalue weighted by molar-refractivity contribution is 7.91. The van der Waals surface area contributed by atoms with Crippen molar-refractivity contribution in [1.82, 2.24) is 0 Å². The molecular formula is C42H48O4S2. The standard InChI is InChI=1S/C42H48O4S2/c1-3-5-7-9-11-13-23-47(43,44)37-19-15-31-29-41-33(25-35(31)27-37)17-21-40-39(41)22-18-34-26-36-28-38(20-16-32(36)30-42(34)40)48(45,46)24-14-12-10-8-6-4-2/h15-22,25-30H,3-14,23-24H2,1-2H3. The van der Waals surface area contributed by atoms with Gasteiger partial charge in [0.05, 0.1) is 21.3 Å². The molecule has 6 heteroatoms. The maximum atomic E-state index is 13.1. The molecule has 6 aromatic carbocycles. The van der Waals surface area contributed by atoms with Gasteiger partial charge >= 0.3 is 0 Å². The Morgan fingerprint density at radius 1 is 0.354 bits per heavy atom. The lowest BCUT2D eigenvalue weighted by atomic mass is 9.94. The first kappa shape index (κ1) is 34.4. The quantitative estimate of drug-likeness (QED) is 0.0579. The first-order valence-electron chi connectivity index (χ1n) is 17.9. The van der Waals surface area contributed by atoms with Gasteiger partial charge in [0.2, 0.25) is 0 Å². The topological polar surface area (TPSA) is 68.3 Å². The van der Waals surface area contributed by atoms with Gasteiger partial charge in [-0.1, -0.05) is 114 Å². The Hall–Kier alpha value is -3.48. The van der Waals surface area contributed by atoms with Crippen molar-refractivity contribution in [1.29, 1.82) is 0 Å². The number of unbranched alkanes of at least 4 members (excludes halogenated alkanes) is 10. The zero-order valence-electron chi connectivity index (χ0n) is 28.4. The third-order valence-corrected chi connectivity index (χ3v) is 13.5. The molecule has 0 heterocycles. The van der Waals surface area contributed by atoms with E-state index in [1.165, 1.54) is 38.5 Å². The summed E-state index contributed by atoms with van der Waals surface area (Å²) in [5, 5.41) is 10.6. The second-order valence-electron chi connectivity index (χ2n) is 13.6. The Morgan fingerprint density at radius 3 is 1.15 bits per heavy atom. The van der Waals surface area contributed by atoms with Gasteiger partial charge in [0.15, 0.2) is 19.7 Å². The molecule has 0 bridgehead atoms. The van der Waals surface area contributed by atoms with Gasteiger partial charge in [0.25, 0.3) is 0 Å². The predicted molar refractivity (Wildman–Crippen MR) is 205 cm³/mol. The molecule has 0 unspecified atom stereocenters. The fourth-order valence-corrected chi connectivity index (χ4v) is 9.90. The first-order valence-corrected chi connectivity index (χ1v) is 21.2. The number of benzene rings is 6. The van der Waals surface area contributed by atoms with Gasteiger partial charge in [-0.2, -0.15) is 0 Å². The lowest BCUT2D eigenvalue weighted by molar-refractivity contribution is 0.582. The second kappa shape index (κ2) is 15.0. The Bertz CT molecular complexity index is 2140. The SMILES string of the molecule is CCCCCCCCS(=O)(=O)c1ccc2cc3c(ccc4c5cc6ccc(S(=O)(=O)CCCCCCCC)cc6cc5ccc34)cc2c1. The van der Waals surface area contributed by atoms with Crippen LogP contribution in [0.5, 0.6) is 0 Å². The van der Waals surface area contributed by atoms with E-state index in [2.05, 4.69) is 62.4 Å². The highest BCUT2D eigenvalue weighted by Gasteiger charge is 2.17. The van der Waals surface area contributed by atoms with Gasteiger partial charge in [-0.25, -0.2) is 16.8 Å². The van der Waals surface area contributed by atoms with E-state index in [0.717, 1.165) is 79.5 Å². The molecule has 0 amide bonds. The van der Waals surface area contributed by atoms with Crippen molar-refractivity contribution >= 4 is 73.5 Å². The maximum absolute atomic E-state index is 13.1. The summed E-state index contributed by atoms with van der Waals surface area (Å²) >= 11 is 0. The molecule has 0 N–H and O–H groups in total. The fourth-order valence-electron chi connectivity index (χ4n) is 7.09. The van der Waals surface area contributed by atoms with Crippen LogP contribution < -0.4 is 0 Å². The van der Waals surface area contributed by atoms with E-state index in [1.54, 1.807) is 12.1 Å². The van der Waals surface area contributed by atoms with Crippen molar-refractivity contribution in [2.75, 3.05) is 11.5 Å². The van der Waals surface area contributed by atoms with Crippen LogP contribution in [0.3, 0.4) is 0 Å². The highest BCUT2D eigenvalue weighted by Crippen LogP contribution is 2.36. The van der Waals surface area contributed by atoms with E-state index in [0.29, 0.717) is 22.6 Å². The average molecular weight is 681 g/mol. The molecule has 0 aromatic heterocycles. The highest BCUT2D eigenvalue weighted by atomic mass is 32.2. The van der Waals surface area contributed by atoms with Crippen LogP contribution >= 0.6 is 0 Å². The smallest absolute Gasteiger partial charge is 0.178 e. The summed E-state index contributed by atoms with van der Waals surface area (Å²) in [6, 6.07) is 28.2. The van der Waals surface area contributed by atoms with Crippen molar-refractivity contribution < 1.29 is 16.8 Å². The molecule has 4 nitrogen and oxygen atoms in total. The van der Waals surface area contributed by atoms with Crippen LogP contribution in [-0.2, 0) is 19.7 Å². The van der Waals surface area contributed by atoms with Gasteiger partial charge in [-0.3, -0.25) is 0 Å². The molecule has 0 fully saturated rings. The number of rotatable bonds is 16. The normalized spacial score (nSPS) is 12.6. The van der Waals surface area contributed by atoms with E-state index in [-0.39, 0.29) is 11.5 Å². The summed E-state index contributed by atoms with van der Waals surface area (Å²) in [5.74, 6) is 0.391.